The highest BCUT2D eigenvalue weighted by molar-refractivity contribution is 5.77. The van der Waals surface area contributed by atoms with Crippen LogP contribution in [0.1, 0.15) is 52.4 Å². The van der Waals surface area contributed by atoms with Crippen LogP contribution in [0.5, 0.6) is 0 Å². The van der Waals surface area contributed by atoms with Gasteiger partial charge in [-0.1, -0.05) is 0 Å². The van der Waals surface area contributed by atoms with E-state index in [1.165, 1.54) is 0 Å². The van der Waals surface area contributed by atoms with Gasteiger partial charge in [0.05, 0.1) is 12.0 Å². The van der Waals surface area contributed by atoms with Crippen LogP contribution < -0.4 is 5.32 Å². The van der Waals surface area contributed by atoms with Gasteiger partial charge in [-0.05, 0) is 57.8 Å². The molecule has 3 aliphatic carbocycles. The predicted molar refractivity (Wildman–Crippen MR) is 67.4 cm³/mol. The molecule has 2 bridgehead atoms. The zero-order chi connectivity index (χ0) is 13.2. The molecule has 3 rings (SSSR count). The van der Waals surface area contributed by atoms with Crippen molar-refractivity contribution in [2.45, 2.75) is 58.4 Å². The van der Waals surface area contributed by atoms with Gasteiger partial charge in [0.25, 0.3) is 0 Å². The van der Waals surface area contributed by atoms with Crippen LogP contribution in [0.4, 0.5) is 0 Å². The lowest BCUT2D eigenvalue weighted by Gasteiger charge is -2.54. The van der Waals surface area contributed by atoms with Crippen molar-refractivity contribution in [3.8, 4) is 6.19 Å². The predicted octanol–water partition coefficient (Wildman–Crippen LogP) is 2.35. The molecular weight excluding hydrogens is 228 g/mol. The third-order valence-corrected chi connectivity index (χ3v) is 5.21. The van der Waals surface area contributed by atoms with Crippen LogP contribution in [0.2, 0.25) is 0 Å². The Morgan fingerprint density at radius 2 is 1.89 bits per heavy atom. The van der Waals surface area contributed by atoms with Crippen LogP contribution in [-0.4, -0.2) is 18.6 Å². The van der Waals surface area contributed by atoms with Gasteiger partial charge in [-0.15, -0.1) is 0 Å². The van der Waals surface area contributed by atoms with Crippen LogP contribution in [0.15, 0.2) is 0 Å². The second kappa shape index (κ2) is 4.79. The standard InChI is InChI=1S/C14H22N2O2/c1-3-18-12(17)14-7-4-13(5-8-14,6-9-14)11(2)16-10-15/h11,16H,3-9H2,1-2H3. The Balaban J connectivity index is 2.06. The Morgan fingerprint density at radius 1 is 1.33 bits per heavy atom. The molecule has 3 aliphatic rings. The SMILES string of the molecule is CCOC(=O)C12CCC(C(C)NC#N)(CC1)CC2. The molecule has 100 valence electrons. The molecule has 0 aromatic rings. The van der Waals surface area contributed by atoms with Crippen molar-refractivity contribution in [3.05, 3.63) is 0 Å². The molecule has 3 saturated carbocycles. The fourth-order valence-electron chi connectivity index (χ4n) is 3.70. The normalized spacial score (nSPS) is 35.6. The maximum atomic E-state index is 12.1. The molecule has 1 atom stereocenters. The zero-order valence-electron chi connectivity index (χ0n) is 11.3. The summed E-state index contributed by atoms with van der Waals surface area (Å²) in [5, 5.41) is 11.7. The average Bonchev–Trinajstić information content (AvgIpc) is 2.41. The number of ether oxygens (including phenoxy) is 1. The lowest BCUT2D eigenvalue weighted by Crippen LogP contribution is -2.53. The number of nitrogens with zero attached hydrogens (tertiary/aromatic N) is 1. The first-order valence-electron chi connectivity index (χ1n) is 6.90. The molecule has 18 heavy (non-hydrogen) atoms. The minimum absolute atomic E-state index is 0.000745. The Labute approximate surface area is 109 Å². The molecule has 0 aromatic heterocycles. The largest absolute Gasteiger partial charge is 0.466 e. The highest BCUT2D eigenvalue weighted by Crippen LogP contribution is 2.58. The van der Waals surface area contributed by atoms with E-state index in [1.54, 1.807) is 0 Å². The van der Waals surface area contributed by atoms with Gasteiger partial charge >= 0.3 is 5.97 Å². The van der Waals surface area contributed by atoms with Gasteiger partial charge in [-0.3, -0.25) is 4.79 Å². The second-order valence-electron chi connectivity index (χ2n) is 5.84. The lowest BCUT2D eigenvalue weighted by molar-refractivity contribution is -0.166. The third-order valence-electron chi connectivity index (χ3n) is 5.21. The summed E-state index contributed by atoms with van der Waals surface area (Å²) in [7, 11) is 0. The molecule has 3 fully saturated rings. The first kappa shape index (κ1) is 13.2. The molecule has 0 amide bonds. The highest BCUT2D eigenvalue weighted by atomic mass is 16.5. The number of rotatable bonds is 4. The number of nitriles is 1. The minimum Gasteiger partial charge on any atom is -0.466 e. The molecule has 0 aromatic carbocycles. The minimum atomic E-state index is -0.218. The van der Waals surface area contributed by atoms with Gasteiger partial charge in [0, 0.05) is 6.04 Å². The number of hydrogen-bond donors (Lipinski definition) is 1. The summed E-state index contributed by atoms with van der Waals surface area (Å²) in [4.78, 5) is 12.1. The summed E-state index contributed by atoms with van der Waals surface area (Å²) in [5.41, 5.74) is -0.00586. The van der Waals surface area contributed by atoms with E-state index in [1.807, 2.05) is 6.92 Å². The molecule has 0 saturated heterocycles. The maximum Gasteiger partial charge on any atom is 0.312 e. The van der Waals surface area contributed by atoms with Gasteiger partial charge in [0.15, 0.2) is 6.19 Å². The number of nitrogens with one attached hydrogen (secondary N) is 1. The van der Waals surface area contributed by atoms with Crippen molar-refractivity contribution in [1.82, 2.24) is 5.32 Å². The summed E-state index contributed by atoms with van der Waals surface area (Å²) < 4.78 is 5.23. The molecule has 1 unspecified atom stereocenters. The van der Waals surface area contributed by atoms with E-state index in [4.69, 9.17) is 10.00 Å². The van der Waals surface area contributed by atoms with Gasteiger partial charge in [0.2, 0.25) is 0 Å². The summed E-state index contributed by atoms with van der Waals surface area (Å²) in [5.74, 6) is -0.000745. The first-order chi connectivity index (χ1) is 8.58. The molecule has 4 nitrogen and oxygen atoms in total. The lowest BCUT2D eigenvalue weighted by atomic mass is 9.52. The average molecular weight is 250 g/mol. The second-order valence-corrected chi connectivity index (χ2v) is 5.84. The Kier molecular flexibility index (Phi) is 3.52. The smallest absolute Gasteiger partial charge is 0.312 e. The molecule has 0 heterocycles. The van der Waals surface area contributed by atoms with Gasteiger partial charge in [-0.25, -0.2) is 0 Å². The summed E-state index contributed by atoms with van der Waals surface area (Å²) in [6, 6.07) is 0.211. The highest BCUT2D eigenvalue weighted by Gasteiger charge is 2.54. The Morgan fingerprint density at radius 3 is 2.33 bits per heavy atom. The van der Waals surface area contributed by atoms with Crippen molar-refractivity contribution in [2.75, 3.05) is 6.61 Å². The van der Waals surface area contributed by atoms with E-state index >= 15 is 0 Å². The van der Waals surface area contributed by atoms with E-state index in [-0.39, 0.29) is 22.8 Å². The van der Waals surface area contributed by atoms with E-state index in [9.17, 15) is 4.79 Å². The monoisotopic (exact) mass is 250 g/mol. The van der Waals surface area contributed by atoms with Crippen LogP contribution in [0, 0.1) is 22.3 Å². The van der Waals surface area contributed by atoms with Crippen molar-refractivity contribution in [2.24, 2.45) is 10.8 Å². The number of fused-ring (bicyclic) bond motifs is 3. The Bertz CT molecular complexity index is 348. The van der Waals surface area contributed by atoms with Crippen LogP contribution in [0.3, 0.4) is 0 Å². The van der Waals surface area contributed by atoms with Crippen LogP contribution in [0.25, 0.3) is 0 Å². The van der Waals surface area contributed by atoms with Crippen molar-refractivity contribution in [3.63, 3.8) is 0 Å². The van der Waals surface area contributed by atoms with Crippen LogP contribution in [-0.2, 0) is 9.53 Å². The molecule has 4 heteroatoms. The van der Waals surface area contributed by atoms with Crippen LogP contribution >= 0.6 is 0 Å². The maximum absolute atomic E-state index is 12.1. The Hall–Kier alpha value is -1.24. The number of esters is 1. The molecule has 0 aliphatic heterocycles. The van der Waals surface area contributed by atoms with E-state index in [0.29, 0.717) is 6.61 Å². The fourth-order valence-corrected chi connectivity index (χ4v) is 3.70. The van der Waals surface area contributed by atoms with Gasteiger partial charge in [0.1, 0.15) is 0 Å². The molecule has 0 radical (unpaired) electrons. The third kappa shape index (κ3) is 1.96. The molecule has 0 spiro atoms. The molecular formula is C14H22N2O2. The summed E-state index contributed by atoms with van der Waals surface area (Å²) in [6.07, 6.45) is 7.90. The van der Waals surface area contributed by atoms with Crippen molar-refractivity contribution < 1.29 is 9.53 Å². The van der Waals surface area contributed by atoms with E-state index in [0.717, 1.165) is 38.5 Å². The number of hydrogen-bond acceptors (Lipinski definition) is 4. The van der Waals surface area contributed by atoms with Crippen molar-refractivity contribution >= 4 is 5.97 Å². The van der Waals surface area contributed by atoms with Gasteiger partial charge < -0.3 is 10.1 Å². The summed E-state index contributed by atoms with van der Waals surface area (Å²) in [6.45, 7) is 4.42. The zero-order valence-corrected chi connectivity index (χ0v) is 11.3. The molecule has 1 N–H and O–H groups in total. The first-order valence-corrected chi connectivity index (χ1v) is 6.90. The van der Waals surface area contributed by atoms with E-state index in [2.05, 4.69) is 18.4 Å². The quantitative estimate of drug-likeness (QED) is 0.472. The number of carbonyl (C=O) groups excluding carboxylic acids is 1. The topological polar surface area (TPSA) is 62.1 Å². The van der Waals surface area contributed by atoms with Gasteiger partial charge in [-0.2, -0.15) is 5.26 Å². The number of carbonyl (C=O) groups is 1. The van der Waals surface area contributed by atoms with Crippen molar-refractivity contribution in [1.29, 1.82) is 5.26 Å². The van der Waals surface area contributed by atoms with E-state index < -0.39 is 0 Å². The fraction of sp³-hybridized carbons (Fsp3) is 0.857. The summed E-state index contributed by atoms with van der Waals surface area (Å²) >= 11 is 0.